The van der Waals surface area contributed by atoms with Crippen molar-refractivity contribution in [2.75, 3.05) is 13.1 Å². The summed E-state index contributed by atoms with van der Waals surface area (Å²) in [7, 11) is 1.95. The molecule has 1 fully saturated rings. The molecule has 23 heavy (non-hydrogen) atoms. The van der Waals surface area contributed by atoms with Gasteiger partial charge in [0.25, 0.3) is 0 Å². The molecule has 2 aromatic heterocycles. The van der Waals surface area contributed by atoms with Gasteiger partial charge in [0.05, 0.1) is 11.7 Å². The van der Waals surface area contributed by atoms with Gasteiger partial charge in [0.2, 0.25) is 5.91 Å². The summed E-state index contributed by atoms with van der Waals surface area (Å²) in [5.74, 6) is 0.220. The maximum absolute atomic E-state index is 12.6. The topological polar surface area (TPSA) is 68.8 Å². The van der Waals surface area contributed by atoms with Crippen molar-refractivity contribution >= 4 is 5.91 Å². The fourth-order valence-corrected chi connectivity index (χ4v) is 3.37. The highest BCUT2D eigenvalue weighted by atomic mass is 16.2. The summed E-state index contributed by atoms with van der Waals surface area (Å²) < 4.78 is 3.76. The maximum Gasteiger partial charge on any atom is 0.222 e. The predicted molar refractivity (Wildman–Crippen MR) is 85.9 cm³/mol. The van der Waals surface area contributed by atoms with E-state index in [1.165, 1.54) is 5.56 Å². The van der Waals surface area contributed by atoms with E-state index in [0.717, 1.165) is 43.7 Å². The molecule has 1 amide bonds. The van der Waals surface area contributed by atoms with Gasteiger partial charge in [-0.1, -0.05) is 0 Å². The molecule has 0 radical (unpaired) electrons. The summed E-state index contributed by atoms with van der Waals surface area (Å²) >= 11 is 0. The number of nitrogens with zero attached hydrogens (tertiary/aromatic N) is 6. The van der Waals surface area contributed by atoms with E-state index in [1.807, 2.05) is 28.2 Å². The second-order valence-corrected chi connectivity index (χ2v) is 6.28. The molecule has 7 heteroatoms. The lowest BCUT2D eigenvalue weighted by molar-refractivity contribution is -0.132. The lowest BCUT2D eigenvalue weighted by atomic mass is 10.0. The van der Waals surface area contributed by atoms with E-state index in [0.29, 0.717) is 6.42 Å². The van der Waals surface area contributed by atoms with E-state index in [2.05, 4.69) is 22.1 Å². The van der Waals surface area contributed by atoms with Crippen LogP contribution < -0.4 is 0 Å². The average molecular weight is 316 g/mol. The van der Waals surface area contributed by atoms with Crippen LogP contribution >= 0.6 is 0 Å². The van der Waals surface area contributed by atoms with Crippen molar-refractivity contribution in [3.63, 3.8) is 0 Å². The Balaban J connectivity index is 1.59. The molecule has 0 aliphatic carbocycles. The van der Waals surface area contributed by atoms with Crippen LogP contribution in [0, 0.1) is 13.8 Å². The largest absolute Gasteiger partial charge is 0.341 e. The minimum Gasteiger partial charge on any atom is -0.341 e. The molecule has 0 saturated carbocycles. The average Bonchev–Trinajstić information content (AvgIpc) is 3.16. The second-order valence-electron chi connectivity index (χ2n) is 6.28. The van der Waals surface area contributed by atoms with Crippen LogP contribution in [0.5, 0.6) is 0 Å². The van der Waals surface area contributed by atoms with Crippen LogP contribution in [0.3, 0.4) is 0 Å². The Labute approximate surface area is 136 Å². The molecule has 3 rings (SSSR count). The third-order valence-corrected chi connectivity index (χ3v) is 4.81. The number of aromatic nitrogens is 5. The van der Waals surface area contributed by atoms with Crippen LogP contribution in [0.25, 0.3) is 0 Å². The highest BCUT2D eigenvalue weighted by Gasteiger charge is 2.25. The molecule has 1 atom stereocenters. The van der Waals surface area contributed by atoms with Gasteiger partial charge in [-0.15, -0.1) is 0 Å². The molecule has 124 valence electrons. The monoisotopic (exact) mass is 316 g/mol. The van der Waals surface area contributed by atoms with E-state index in [1.54, 1.807) is 12.7 Å². The zero-order valence-corrected chi connectivity index (χ0v) is 14.1. The van der Waals surface area contributed by atoms with Crippen LogP contribution in [0.4, 0.5) is 0 Å². The van der Waals surface area contributed by atoms with Gasteiger partial charge in [-0.25, -0.2) is 9.67 Å². The molecular formula is C16H24N6O. The quantitative estimate of drug-likeness (QED) is 0.855. The molecule has 2 aromatic rings. The van der Waals surface area contributed by atoms with Crippen molar-refractivity contribution in [3.8, 4) is 0 Å². The van der Waals surface area contributed by atoms with Crippen molar-refractivity contribution < 1.29 is 4.79 Å². The van der Waals surface area contributed by atoms with E-state index in [4.69, 9.17) is 0 Å². The van der Waals surface area contributed by atoms with Gasteiger partial charge in [0.15, 0.2) is 0 Å². The standard InChI is InChI=1S/C16H24N6O/c1-12-15(13(2)20(3)19-12)6-7-16(23)21-8-4-5-14(9-21)22-11-17-10-18-22/h10-11,14H,4-9H2,1-3H3/t14-/m0/s1. The normalized spacial score (nSPS) is 18.4. The first-order valence-electron chi connectivity index (χ1n) is 8.17. The zero-order valence-electron chi connectivity index (χ0n) is 14.1. The molecule has 0 bridgehead atoms. The molecule has 0 unspecified atom stereocenters. The molecule has 1 saturated heterocycles. The van der Waals surface area contributed by atoms with E-state index >= 15 is 0 Å². The van der Waals surface area contributed by atoms with Crippen LogP contribution in [-0.4, -0.2) is 48.4 Å². The number of aryl methyl sites for hydroxylation is 2. The Hall–Kier alpha value is -2.18. The fourth-order valence-electron chi connectivity index (χ4n) is 3.37. The van der Waals surface area contributed by atoms with E-state index in [-0.39, 0.29) is 11.9 Å². The first kappa shape index (κ1) is 15.7. The Bertz CT molecular complexity index is 675. The number of carbonyl (C=O) groups is 1. The highest BCUT2D eigenvalue weighted by molar-refractivity contribution is 5.76. The number of rotatable bonds is 4. The lowest BCUT2D eigenvalue weighted by Gasteiger charge is -2.32. The maximum atomic E-state index is 12.6. The van der Waals surface area contributed by atoms with Crippen LogP contribution in [0.2, 0.25) is 0 Å². The first-order valence-corrected chi connectivity index (χ1v) is 8.17. The fraction of sp³-hybridized carbons (Fsp3) is 0.625. The number of likely N-dealkylation sites (tertiary alicyclic amines) is 1. The first-order chi connectivity index (χ1) is 11.1. The summed E-state index contributed by atoms with van der Waals surface area (Å²) in [6.07, 6.45) is 6.65. The van der Waals surface area contributed by atoms with Gasteiger partial charge in [-0.3, -0.25) is 9.48 Å². The number of hydrogen-bond acceptors (Lipinski definition) is 4. The molecule has 7 nitrogen and oxygen atoms in total. The lowest BCUT2D eigenvalue weighted by Crippen LogP contribution is -2.41. The van der Waals surface area contributed by atoms with Crippen molar-refractivity contribution in [3.05, 3.63) is 29.6 Å². The Kier molecular flexibility index (Phi) is 4.45. The Morgan fingerprint density at radius 1 is 1.39 bits per heavy atom. The van der Waals surface area contributed by atoms with Gasteiger partial charge < -0.3 is 4.90 Å². The summed E-state index contributed by atoms with van der Waals surface area (Å²) in [6.45, 7) is 5.64. The third-order valence-electron chi connectivity index (χ3n) is 4.81. The predicted octanol–water partition coefficient (Wildman–Crippen LogP) is 1.42. The minimum atomic E-state index is 0.220. The molecule has 1 aliphatic heterocycles. The number of piperidine rings is 1. The molecular weight excluding hydrogens is 292 g/mol. The van der Waals surface area contributed by atoms with E-state index < -0.39 is 0 Å². The number of amides is 1. The van der Waals surface area contributed by atoms with Crippen LogP contribution in [-0.2, 0) is 18.3 Å². The molecule has 1 aliphatic rings. The van der Waals surface area contributed by atoms with Gasteiger partial charge in [-0.2, -0.15) is 10.2 Å². The van der Waals surface area contributed by atoms with Gasteiger partial charge >= 0.3 is 0 Å². The number of hydrogen-bond donors (Lipinski definition) is 0. The smallest absolute Gasteiger partial charge is 0.222 e. The van der Waals surface area contributed by atoms with Crippen molar-refractivity contribution in [2.24, 2.45) is 7.05 Å². The Morgan fingerprint density at radius 3 is 2.87 bits per heavy atom. The molecule has 0 N–H and O–H groups in total. The van der Waals surface area contributed by atoms with Gasteiger partial charge in [-0.05, 0) is 38.7 Å². The van der Waals surface area contributed by atoms with E-state index in [9.17, 15) is 4.79 Å². The number of carbonyl (C=O) groups excluding carboxylic acids is 1. The highest BCUT2D eigenvalue weighted by Crippen LogP contribution is 2.22. The second kappa shape index (κ2) is 6.52. The Morgan fingerprint density at radius 2 is 2.22 bits per heavy atom. The summed E-state index contributed by atoms with van der Waals surface area (Å²) in [5.41, 5.74) is 3.37. The molecule has 0 spiro atoms. The van der Waals surface area contributed by atoms with Crippen LogP contribution in [0.1, 0.15) is 42.3 Å². The minimum absolute atomic E-state index is 0.220. The summed E-state index contributed by atoms with van der Waals surface area (Å²) in [5, 5.41) is 8.63. The van der Waals surface area contributed by atoms with Crippen molar-refractivity contribution in [1.82, 2.24) is 29.4 Å². The van der Waals surface area contributed by atoms with Crippen molar-refractivity contribution in [2.45, 2.75) is 45.6 Å². The van der Waals surface area contributed by atoms with Crippen LogP contribution in [0.15, 0.2) is 12.7 Å². The molecule has 3 heterocycles. The third kappa shape index (κ3) is 3.28. The SMILES string of the molecule is Cc1nn(C)c(C)c1CCC(=O)N1CCC[C@H](n2cncn2)C1. The van der Waals surface area contributed by atoms with Gasteiger partial charge in [0.1, 0.15) is 12.7 Å². The molecule has 0 aromatic carbocycles. The summed E-state index contributed by atoms with van der Waals surface area (Å²) in [4.78, 5) is 18.5. The van der Waals surface area contributed by atoms with Gasteiger partial charge in [0, 0.05) is 32.3 Å². The zero-order chi connectivity index (χ0) is 16.4. The summed E-state index contributed by atoms with van der Waals surface area (Å²) in [6, 6.07) is 0.247. The van der Waals surface area contributed by atoms with Crippen molar-refractivity contribution in [1.29, 1.82) is 0 Å².